The van der Waals surface area contributed by atoms with Gasteiger partial charge in [-0.2, -0.15) is 0 Å². The van der Waals surface area contributed by atoms with Crippen LogP contribution in [0.3, 0.4) is 0 Å². The summed E-state index contributed by atoms with van der Waals surface area (Å²) in [5.74, 6) is -0.834. The predicted octanol–water partition coefficient (Wildman–Crippen LogP) is 2.67. The van der Waals surface area contributed by atoms with Crippen molar-refractivity contribution in [2.75, 3.05) is 0 Å². The summed E-state index contributed by atoms with van der Waals surface area (Å²) >= 11 is 1.39. The second-order valence-corrected chi connectivity index (χ2v) is 5.47. The normalized spacial score (nSPS) is 14.1. The number of fused-ring (bicyclic) bond motifs is 1. The third kappa shape index (κ3) is 2.09. The van der Waals surface area contributed by atoms with Crippen LogP contribution in [-0.4, -0.2) is 20.6 Å². The molecular weight excluding hydrogens is 248 g/mol. The number of imidazole rings is 1. The molecule has 2 heterocycles. The highest BCUT2D eigenvalue weighted by Gasteiger charge is 2.17. The largest absolute Gasteiger partial charge is 0.477 e. The van der Waals surface area contributed by atoms with Crippen LogP contribution in [0.5, 0.6) is 0 Å². The number of aromatic carboxylic acids is 1. The molecule has 1 aliphatic carbocycles. The van der Waals surface area contributed by atoms with E-state index in [0.29, 0.717) is 4.88 Å². The summed E-state index contributed by atoms with van der Waals surface area (Å²) in [5, 5.41) is 8.98. The molecule has 0 bridgehead atoms. The van der Waals surface area contributed by atoms with Gasteiger partial charge >= 0.3 is 5.97 Å². The number of carboxylic acids is 1. The van der Waals surface area contributed by atoms with Gasteiger partial charge in [-0.1, -0.05) is 6.08 Å². The van der Waals surface area contributed by atoms with Crippen molar-refractivity contribution in [3.63, 3.8) is 0 Å². The number of allylic oxidation sites excluding steroid dienone is 1. The molecule has 1 aliphatic rings. The standard InChI is InChI=1S/C13H12N2O2S/c16-13(17)12-6-10-5-9(1-2-11(10)18-12)7-15-4-3-14-8-15/h3-6,8H,1-2,7H2,(H,16,17). The zero-order valence-corrected chi connectivity index (χ0v) is 10.5. The predicted molar refractivity (Wildman–Crippen MR) is 69.8 cm³/mol. The van der Waals surface area contributed by atoms with Gasteiger partial charge in [0.2, 0.25) is 0 Å². The fraction of sp³-hybridized carbons (Fsp3) is 0.231. The van der Waals surface area contributed by atoms with Gasteiger partial charge in [0.1, 0.15) is 4.88 Å². The van der Waals surface area contributed by atoms with Gasteiger partial charge in [0, 0.05) is 23.8 Å². The Kier molecular flexibility index (Phi) is 2.76. The van der Waals surface area contributed by atoms with E-state index >= 15 is 0 Å². The van der Waals surface area contributed by atoms with E-state index in [4.69, 9.17) is 5.11 Å². The number of hydrogen-bond acceptors (Lipinski definition) is 3. The molecule has 3 rings (SSSR count). The number of rotatable bonds is 3. The first kappa shape index (κ1) is 11.2. The van der Waals surface area contributed by atoms with Crippen molar-refractivity contribution in [3.05, 3.63) is 45.7 Å². The molecule has 0 saturated heterocycles. The highest BCUT2D eigenvalue weighted by molar-refractivity contribution is 7.14. The quantitative estimate of drug-likeness (QED) is 0.923. The lowest BCUT2D eigenvalue weighted by Crippen LogP contribution is -2.03. The van der Waals surface area contributed by atoms with Crippen molar-refractivity contribution in [1.29, 1.82) is 0 Å². The third-order valence-electron chi connectivity index (χ3n) is 3.03. The molecular formula is C13H12N2O2S. The Hall–Kier alpha value is -1.88. The van der Waals surface area contributed by atoms with Crippen LogP contribution in [0.25, 0.3) is 6.08 Å². The number of carbonyl (C=O) groups is 1. The number of hydrogen-bond donors (Lipinski definition) is 1. The average Bonchev–Trinajstić information content (AvgIpc) is 2.96. The molecule has 4 nitrogen and oxygen atoms in total. The van der Waals surface area contributed by atoms with Crippen LogP contribution in [0.2, 0.25) is 0 Å². The summed E-state index contributed by atoms with van der Waals surface area (Å²) in [5.41, 5.74) is 2.38. The lowest BCUT2D eigenvalue weighted by atomic mass is 9.98. The summed E-state index contributed by atoms with van der Waals surface area (Å²) in [6.45, 7) is 0.831. The second kappa shape index (κ2) is 4.42. The molecule has 2 aromatic heterocycles. The van der Waals surface area contributed by atoms with Gasteiger partial charge < -0.3 is 9.67 Å². The highest BCUT2D eigenvalue weighted by Crippen LogP contribution is 2.31. The molecule has 18 heavy (non-hydrogen) atoms. The van der Waals surface area contributed by atoms with E-state index in [1.165, 1.54) is 21.8 Å². The lowest BCUT2D eigenvalue weighted by Gasteiger charge is -2.13. The van der Waals surface area contributed by atoms with Crippen LogP contribution in [-0.2, 0) is 13.0 Å². The Morgan fingerprint density at radius 3 is 3.11 bits per heavy atom. The summed E-state index contributed by atoms with van der Waals surface area (Å²) in [4.78, 5) is 16.6. The van der Waals surface area contributed by atoms with Gasteiger partial charge in [0.05, 0.1) is 6.33 Å². The number of thiophene rings is 1. The molecule has 0 saturated carbocycles. The third-order valence-corrected chi connectivity index (χ3v) is 4.23. The van der Waals surface area contributed by atoms with E-state index < -0.39 is 5.97 Å². The van der Waals surface area contributed by atoms with Crippen LogP contribution >= 0.6 is 11.3 Å². The van der Waals surface area contributed by atoms with Crippen molar-refractivity contribution < 1.29 is 9.90 Å². The molecule has 0 aromatic carbocycles. The fourth-order valence-corrected chi connectivity index (χ4v) is 3.15. The minimum absolute atomic E-state index is 0.431. The van der Waals surface area contributed by atoms with E-state index in [0.717, 1.165) is 24.9 Å². The summed E-state index contributed by atoms with van der Waals surface area (Å²) in [6.07, 6.45) is 9.54. The lowest BCUT2D eigenvalue weighted by molar-refractivity contribution is 0.0702. The molecule has 0 unspecified atom stereocenters. The van der Waals surface area contributed by atoms with Crippen LogP contribution < -0.4 is 0 Å². The van der Waals surface area contributed by atoms with Gasteiger partial charge in [-0.25, -0.2) is 9.78 Å². The van der Waals surface area contributed by atoms with E-state index in [9.17, 15) is 4.79 Å². The van der Waals surface area contributed by atoms with E-state index in [-0.39, 0.29) is 0 Å². The minimum Gasteiger partial charge on any atom is -0.477 e. The number of nitrogens with zero attached hydrogens (tertiary/aromatic N) is 2. The highest BCUT2D eigenvalue weighted by atomic mass is 32.1. The van der Waals surface area contributed by atoms with E-state index in [2.05, 4.69) is 11.1 Å². The first-order chi connectivity index (χ1) is 8.72. The van der Waals surface area contributed by atoms with Gasteiger partial charge in [0.15, 0.2) is 0 Å². The Morgan fingerprint density at radius 1 is 1.50 bits per heavy atom. The monoisotopic (exact) mass is 260 g/mol. The molecule has 92 valence electrons. The molecule has 1 N–H and O–H groups in total. The first-order valence-corrected chi connectivity index (χ1v) is 6.55. The zero-order chi connectivity index (χ0) is 12.5. The molecule has 0 spiro atoms. The smallest absolute Gasteiger partial charge is 0.345 e. The first-order valence-electron chi connectivity index (χ1n) is 5.73. The maximum Gasteiger partial charge on any atom is 0.345 e. The molecule has 0 atom stereocenters. The van der Waals surface area contributed by atoms with Crippen LogP contribution in [0.1, 0.15) is 26.5 Å². The van der Waals surface area contributed by atoms with Gasteiger partial charge in [-0.3, -0.25) is 0 Å². The van der Waals surface area contributed by atoms with Crippen molar-refractivity contribution >= 4 is 23.4 Å². The Morgan fingerprint density at radius 2 is 2.39 bits per heavy atom. The Balaban J connectivity index is 1.86. The van der Waals surface area contributed by atoms with Gasteiger partial charge in [-0.15, -0.1) is 11.3 Å². The maximum atomic E-state index is 10.9. The summed E-state index contributed by atoms with van der Waals surface area (Å²) < 4.78 is 2.03. The Bertz CT molecular complexity index is 611. The average molecular weight is 260 g/mol. The SMILES string of the molecule is O=C(O)c1cc2c(s1)CCC(Cn1ccnc1)=C2. The van der Waals surface area contributed by atoms with Crippen molar-refractivity contribution in [1.82, 2.24) is 9.55 Å². The van der Waals surface area contributed by atoms with E-state index in [1.807, 2.05) is 10.8 Å². The van der Waals surface area contributed by atoms with Gasteiger partial charge in [0.25, 0.3) is 0 Å². The van der Waals surface area contributed by atoms with Crippen LogP contribution in [0, 0.1) is 0 Å². The van der Waals surface area contributed by atoms with Crippen LogP contribution in [0.4, 0.5) is 0 Å². The molecule has 0 aliphatic heterocycles. The van der Waals surface area contributed by atoms with Gasteiger partial charge in [-0.05, 0) is 30.0 Å². The number of aromatic nitrogens is 2. The van der Waals surface area contributed by atoms with E-state index in [1.54, 1.807) is 18.6 Å². The molecule has 0 amide bonds. The molecule has 0 radical (unpaired) electrons. The second-order valence-electron chi connectivity index (χ2n) is 4.33. The minimum atomic E-state index is -0.834. The maximum absolute atomic E-state index is 10.9. The topological polar surface area (TPSA) is 55.1 Å². The summed E-state index contributed by atoms with van der Waals surface area (Å²) in [7, 11) is 0. The van der Waals surface area contributed by atoms with Crippen molar-refractivity contribution in [2.45, 2.75) is 19.4 Å². The molecule has 0 fully saturated rings. The summed E-state index contributed by atoms with van der Waals surface area (Å²) in [6, 6.07) is 1.77. The Labute approximate surface area is 108 Å². The van der Waals surface area contributed by atoms with Crippen molar-refractivity contribution in [3.8, 4) is 0 Å². The number of carboxylic acid groups (broad SMARTS) is 1. The zero-order valence-electron chi connectivity index (χ0n) is 9.67. The van der Waals surface area contributed by atoms with Crippen molar-refractivity contribution in [2.24, 2.45) is 0 Å². The fourth-order valence-electron chi connectivity index (χ4n) is 2.17. The number of aryl methyl sites for hydroxylation is 1. The molecule has 2 aromatic rings. The van der Waals surface area contributed by atoms with Crippen LogP contribution in [0.15, 0.2) is 30.4 Å². The molecule has 5 heteroatoms.